The molecule has 458 valence electrons. The second-order valence-electron chi connectivity index (χ2n) is 16.7. The van der Waals surface area contributed by atoms with E-state index in [1.54, 1.807) is 0 Å². The lowest BCUT2D eigenvalue weighted by Gasteiger charge is -2.27. The fourth-order valence-corrected chi connectivity index (χ4v) is 9.24. The highest BCUT2D eigenvalue weighted by Gasteiger charge is 2.39. The van der Waals surface area contributed by atoms with Gasteiger partial charge in [0.25, 0.3) is 20.4 Å². The standard InChI is InChI=1S/C46H56N10O19S2.C2HF3O2/c47-45(48)53-33-9-5-31(6-10-33)43(65)74-35-13-1-29(2-14-35)27-51-76(67,68)55(37(41(61)62)25-39(57)58)17-19-71-21-23-73-24-22-72-20-18-56(38(42(63)64)26-40(59)60)77(69,70)52-28-30-3-15-36(16-4-30)75-44(66)32-7-11-34(12-8-32)54-46(49)50;3-2(4,5)1(6)7/h1-16,37-38,51-52H,17-28H2,(H,57,58)(H,59,60)(H,61,62)(H,63,64)(H4,47,48,53)(H4,49,50,54);(H,6,7)/t37-,38-;/m0./s1. The third-order valence-corrected chi connectivity index (χ3v) is 13.6. The highest BCUT2D eigenvalue weighted by Crippen LogP contribution is 2.20. The maximum absolute atomic E-state index is 13.4. The molecule has 0 unspecified atom stereocenters. The summed E-state index contributed by atoms with van der Waals surface area (Å²) in [7, 11) is -9.38. The summed E-state index contributed by atoms with van der Waals surface area (Å²) in [5, 5.41) is 65.2. The van der Waals surface area contributed by atoms with Gasteiger partial charge in [0.15, 0.2) is 11.9 Å². The zero-order chi connectivity index (χ0) is 62.8. The van der Waals surface area contributed by atoms with E-state index in [-0.39, 0.29) is 74.1 Å². The van der Waals surface area contributed by atoms with Crippen molar-refractivity contribution in [1.82, 2.24) is 18.1 Å². The zero-order valence-electron chi connectivity index (χ0n) is 43.6. The molecular formula is C48H57F3N10O21S2. The molecule has 36 heteroatoms. The van der Waals surface area contributed by atoms with E-state index in [9.17, 15) is 79.2 Å². The van der Waals surface area contributed by atoms with Crippen LogP contribution in [0, 0.1) is 10.8 Å². The first kappa shape index (κ1) is 69.4. The quantitative estimate of drug-likeness (QED) is 0.0103. The summed E-state index contributed by atoms with van der Waals surface area (Å²) in [6.45, 7) is -3.41. The van der Waals surface area contributed by atoms with E-state index in [1.807, 2.05) is 0 Å². The zero-order valence-corrected chi connectivity index (χ0v) is 45.3. The molecule has 0 fully saturated rings. The first-order valence-corrected chi connectivity index (χ1v) is 26.8. The lowest BCUT2D eigenvalue weighted by atomic mass is 10.2. The van der Waals surface area contributed by atoms with Crippen LogP contribution in [0.1, 0.15) is 44.7 Å². The Bertz CT molecular complexity index is 2950. The Labute approximate surface area is 475 Å². The number of carboxylic acid groups (broad SMARTS) is 5. The molecule has 0 aliphatic carbocycles. The number of halogens is 3. The van der Waals surface area contributed by atoms with Gasteiger partial charge < -0.3 is 71.3 Å². The highest BCUT2D eigenvalue weighted by molar-refractivity contribution is 7.87. The van der Waals surface area contributed by atoms with E-state index in [0.717, 1.165) is 0 Å². The molecule has 0 heterocycles. The van der Waals surface area contributed by atoms with Gasteiger partial charge in [0.2, 0.25) is 0 Å². The summed E-state index contributed by atoms with van der Waals surface area (Å²) >= 11 is 0. The number of nitrogens with one attached hydrogen (secondary N) is 6. The molecule has 31 nitrogen and oxygen atoms in total. The number of carbonyl (C=O) groups is 7. The number of rotatable bonds is 34. The molecule has 4 rings (SSSR count). The van der Waals surface area contributed by atoms with Crippen LogP contribution in [0.5, 0.6) is 11.5 Å². The minimum Gasteiger partial charge on any atom is -0.481 e. The second kappa shape index (κ2) is 33.3. The minimum absolute atomic E-state index is 0.109. The van der Waals surface area contributed by atoms with Crippen molar-refractivity contribution in [2.75, 3.05) is 63.4 Å². The summed E-state index contributed by atoms with van der Waals surface area (Å²) in [5.41, 5.74) is 12.6. The van der Waals surface area contributed by atoms with Gasteiger partial charge in [-0.3, -0.25) is 30.0 Å². The van der Waals surface area contributed by atoms with Crippen molar-refractivity contribution in [1.29, 1.82) is 10.8 Å². The van der Waals surface area contributed by atoms with Crippen molar-refractivity contribution in [3.05, 3.63) is 119 Å². The van der Waals surface area contributed by atoms with E-state index < -0.39 is 120 Å². The Balaban J connectivity index is 0.00000247. The number of carboxylic acids is 5. The number of hydrogen-bond acceptors (Lipinski definition) is 18. The number of hydrogen-bond donors (Lipinski definition) is 13. The monoisotopic (exact) mass is 1230 g/mol. The molecule has 2 atom stereocenters. The number of guanidine groups is 2. The molecule has 0 bridgehead atoms. The molecule has 4 aromatic carbocycles. The van der Waals surface area contributed by atoms with Crippen LogP contribution in [0.25, 0.3) is 0 Å². The van der Waals surface area contributed by atoms with Crippen LogP contribution >= 0.6 is 0 Å². The molecule has 84 heavy (non-hydrogen) atoms. The average Bonchev–Trinajstić information content (AvgIpc) is 3.52. The van der Waals surface area contributed by atoms with Crippen molar-refractivity contribution >= 4 is 85.5 Å². The van der Waals surface area contributed by atoms with Crippen molar-refractivity contribution in [3.8, 4) is 11.5 Å². The normalized spacial score (nSPS) is 12.2. The fraction of sp³-hybridized carbons (Fsp3) is 0.312. The van der Waals surface area contributed by atoms with Gasteiger partial charge in [-0.2, -0.15) is 48.1 Å². The number of esters is 2. The number of aliphatic carboxylic acids is 5. The molecule has 4 aromatic rings. The SMILES string of the molecule is N=C(N)Nc1ccc(C(=O)Oc2ccc(CNS(=O)(=O)N(CCOCCOCCOCCN([C@@H](CC(=O)O)C(=O)O)S(=O)(=O)NCc3ccc(OC(=O)c4ccc(NC(=N)N)cc4)cc3)[C@@H](CC(=O)O)C(=O)O)cc2)cc1.O=C(O)C(F)(F)F. The van der Waals surface area contributed by atoms with Crippen molar-refractivity contribution in [2.45, 2.75) is 44.2 Å². The van der Waals surface area contributed by atoms with Crippen LogP contribution in [0.3, 0.4) is 0 Å². The van der Waals surface area contributed by atoms with Crippen molar-refractivity contribution < 1.29 is 113 Å². The molecule has 0 saturated heterocycles. The first-order chi connectivity index (χ1) is 39.4. The van der Waals surface area contributed by atoms with Gasteiger partial charge in [0.1, 0.15) is 23.6 Å². The third-order valence-electron chi connectivity index (χ3n) is 10.5. The molecule has 0 amide bonds. The van der Waals surface area contributed by atoms with Crippen molar-refractivity contribution in [3.63, 3.8) is 0 Å². The smallest absolute Gasteiger partial charge is 0.481 e. The molecule has 0 aliphatic heterocycles. The van der Waals surface area contributed by atoms with E-state index in [4.69, 9.17) is 55.9 Å². The Hall–Kier alpha value is -8.88. The number of nitrogens with zero attached hydrogens (tertiary/aromatic N) is 2. The summed E-state index contributed by atoms with van der Waals surface area (Å²) in [6.07, 6.45) is -7.27. The van der Waals surface area contributed by atoms with E-state index >= 15 is 0 Å². The summed E-state index contributed by atoms with van der Waals surface area (Å²) in [6, 6.07) is 19.0. The fourth-order valence-electron chi connectivity index (χ4n) is 6.58. The lowest BCUT2D eigenvalue weighted by molar-refractivity contribution is -0.192. The van der Waals surface area contributed by atoms with Gasteiger partial charge in [-0.25, -0.2) is 14.4 Å². The predicted octanol–water partition coefficient (Wildman–Crippen LogP) is 1.25. The maximum Gasteiger partial charge on any atom is 0.490 e. The molecule has 15 N–H and O–H groups in total. The van der Waals surface area contributed by atoms with Crippen LogP contribution in [0.2, 0.25) is 0 Å². The van der Waals surface area contributed by atoms with E-state index in [1.165, 1.54) is 97.1 Å². The van der Waals surface area contributed by atoms with Gasteiger partial charge >= 0.3 is 48.0 Å². The van der Waals surface area contributed by atoms with Crippen LogP contribution < -0.4 is 41.0 Å². The Kier molecular flexibility index (Phi) is 27.5. The molecule has 0 aliphatic rings. The third kappa shape index (κ3) is 25.1. The number of nitrogens with two attached hydrogens (primary N) is 2. The number of benzene rings is 4. The maximum atomic E-state index is 13.4. The highest BCUT2D eigenvalue weighted by atomic mass is 32.2. The largest absolute Gasteiger partial charge is 0.490 e. The van der Waals surface area contributed by atoms with Gasteiger partial charge in [0.05, 0.1) is 63.6 Å². The lowest BCUT2D eigenvalue weighted by Crippen LogP contribution is -2.51. The molecule has 0 aromatic heterocycles. The Morgan fingerprint density at radius 2 is 0.810 bits per heavy atom. The first-order valence-electron chi connectivity index (χ1n) is 23.9. The van der Waals surface area contributed by atoms with Crippen LogP contribution in [0.4, 0.5) is 24.5 Å². The molecule has 0 saturated carbocycles. The Morgan fingerprint density at radius 1 is 0.512 bits per heavy atom. The summed E-state index contributed by atoms with van der Waals surface area (Å²) in [5.74, 6) is -11.2. The number of anilines is 2. The number of ether oxygens (including phenoxy) is 5. The average molecular weight is 1230 g/mol. The topological polar surface area (TPSA) is 489 Å². The second-order valence-corrected chi connectivity index (χ2v) is 20.1. The molecule has 0 radical (unpaired) electrons. The summed E-state index contributed by atoms with van der Waals surface area (Å²) < 4.78 is 118. The van der Waals surface area contributed by atoms with Gasteiger partial charge in [-0.05, 0) is 83.9 Å². The van der Waals surface area contributed by atoms with Gasteiger partial charge in [-0.1, -0.05) is 24.3 Å². The van der Waals surface area contributed by atoms with Crippen LogP contribution in [-0.2, 0) is 71.7 Å². The van der Waals surface area contributed by atoms with Crippen LogP contribution in [-0.4, -0.2) is 176 Å². The summed E-state index contributed by atoms with van der Waals surface area (Å²) in [4.78, 5) is 81.4. The van der Waals surface area contributed by atoms with E-state index in [2.05, 4.69) is 20.1 Å². The van der Waals surface area contributed by atoms with Crippen molar-refractivity contribution in [2.24, 2.45) is 11.5 Å². The van der Waals surface area contributed by atoms with Gasteiger partial charge in [0, 0.05) is 37.6 Å². The van der Waals surface area contributed by atoms with Crippen LogP contribution in [0.15, 0.2) is 97.1 Å². The number of alkyl halides is 3. The molecular weight excluding hydrogens is 1170 g/mol. The van der Waals surface area contributed by atoms with E-state index in [0.29, 0.717) is 31.1 Å². The predicted molar refractivity (Wildman–Crippen MR) is 285 cm³/mol. The minimum atomic E-state index is -5.08. The number of carbonyl (C=O) groups excluding carboxylic acids is 2. The van der Waals surface area contributed by atoms with Gasteiger partial charge in [-0.15, -0.1) is 0 Å². The Morgan fingerprint density at radius 3 is 1.07 bits per heavy atom. The molecule has 0 spiro atoms.